The van der Waals surface area contributed by atoms with Gasteiger partial charge >= 0.3 is 0 Å². The van der Waals surface area contributed by atoms with Gasteiger partial charge in [-0.1, -0.05) is 24.6 Å². The fraction of sp³-hybridized carbons (Fsp3) is 0.214. The van der Waals surface area contributed by atoms with Gasteiger partial charge in [0.2, 0.25) is 0 Å². The number of hydrogen-bond donors (Lipinski definition) is 2. The monoisotopic (exact) mass is 339 g/mol. The second kappa shape index (κ2) is 6.78. The van der Waals surface area contributed by atoms with Crippen LogP contribution in [0.5, 0.6) is 0 Å². The van der Waals surface area contributed by atoms with Crippen molar-refractivity contribution in [1.82, 2.24) is 4.98 Å². The van der Waals surface area contributed by atoms with E-state index in [2.05, 4.69) is 38.5 Å². The average Bonchev–Trinajstić information content (AvgIpc) is 2.41. The molecule has 5 heteroatoms. The fourth-order valence-electron chi connectivity index (χ4n) is 1.59. The minimum Gasteiger partial charge on any atom is -0.370 e. The Labute approximate surface area is 126 Å². The number of pyridine rings is 1. The lowest BCUT2D eigenvalue weighted by molar-refractivity contribution is 0.970. The van der Waals surface area contributed by atoms with Crippen molar-refractivity contribution in [2.75, 3.05) is 17.2 Å². The first-order valence-electron chi connectivity index (χ1n) is 6.12. The largest absolute Gasteiger partial charge is 0.370 e. The summed E-state index contributed by atoms with van der Waals surface area (Å²) in [7, 11) is 0. The van der Waals surface area contributed by atoms with Crippen LogP contribution in [-0.4, -0.2) is 11.5 Å². The lowest BCUT2D eigenvalue weighted by atomic mass is 10.3. The van der Waals surface area contributed by atoms with E-state index in [9.17, 15) is 0 Å². The van der Waals surface area contributed by atoms with Gasteiger partial charge in [-0.05, 0) is 52.7 Å². The van der Waals surface area contributed by atoms with Crippen LogP contribution in [0, 0.1) is 0 Å². The smallest absolute Gasteiger partial charge is 0.132 e. The van der Waals surface area contributed by atoms with Crippen LogP contribution in [0.2, 0.25) is 5.02 Å². The molecule has 1 heterocycles. The van der Waals surface area contributed by atoms with Crippen molar-refractivity contribution in [3.63, 3.8) is 0 Å². The summed E-state index contributed by atoms with van der Waals surface area (Å²) >= 11 is 9.47. The number of aromatic nitrogens is 1. The number of benzene rings is 1. The molecule has 0 aliphatic heterocycles. The maximum absolute atomic E-state index is 5.99. The average molecular weight is 341 g/mol. The zero-order chi connectivity index (χ0) is 13.7. The zero-order valence-corrected chi connectivity index (χ0v) is 12.9. The van der Waals surface area contributed by atoms with Gasteiger partial charge in [-0.2, -0.15) is 0 Å². The Morgan fingerprint density at radius 1 is 1.21 bits per heavy atom. The van der Waals surface area contributed by atoms with Gasteiger partial charge in [-0.25, -0.2) is 4.98 Å². The molecule has 0 unspecified atom stereocenters. The molecule has 2 aromatic rings. The first-order chi connectivity index (χ1) is 9.19. The van der Waals surface area contributed by atoms with Gasteiger partial charge < -0.3 is 10.6 Å². The third-order valence-corrected chi connectivity index (χ3v) is 3.42. The van der Waals surface area contributed by atoms with E-state index in [1.165, 1.54) is 0 Å². The second-order valence-electron chi connectivity index (χ2n) is 4.08. The van der Waals surface area contributed by atoms with Crippen molar-refractivity contribution in [3.05, 3.63) is 45.9 Å². The number of halogens is 2. The van der Waals surface area contributed by atoms with E-state index < -0.39 is 0 Å². The highest BCUT2D eigenvalue weighted by Crippen LogP contribution is 2.28. The van der Waals surface area contributed by atoms with Crippen LogP contribution in [0.3, 0.4) is 0 Å². The summed E-state index contributed by atoms with van der Waals surface area (Å²) in [6, 6.07) is 11.4. The van der Waals surface area contributed by atoms with E-state index >= 15 is 0 Å². The Bertz CT molecular complexity index is 560. The van der Waals surface area contributed by atoms with Crippen LogP contribution < -0.4 is 10.6 Å². The molecule has 100 valence electrons. The molecule has 0 saturated carbocycles. The maximum atomic E-state index is 5.99. The molecule has 0 radical (unpaired) electrons. The molecule has 0 bridgehead atoms. The Kier molecular flexibility index (Phi) is 5.05. The molecule has 0 aliphatic carbocycles. The fourth-order valence-corrected chi connectivity index (χ4v) is 2.10. The van der Waals surface area contributed by atoms with Crippen molar-refractivity contribution in [2.45, 2.75) is 13.3 Å². The summed E-state index contributed by atoms with van der Waals surface area (Å²) in [4.78, 5) is 4.49. The Hall–Kier alpha value is -1.26. The molecular formula is C14H15BrClN3. The van der Waals surface area contributed by atoms with Crippen LogP contribution in [0.25, 0.3) is 0 Å². The summed E-state index contributed by atoms with van der Waals surface area (Å²) < 4.78 is 0.950. The minimum absolute atomic E-state index is 0.686. The quantitative estimate of drug-likeness (QED) is 0.798. The normalized spacial score (nSPS) is 10.3. The van der Waals surface area contributed by atoms with Crippen molar-refractivity contribution in [2.24, 2.45) is 0 Å². The van der Waals surface area contributed by atoms with E-state index in [1.54, 1.807) is 0 Å². The molecule has 1 aromatic carbocycles. The highest BCUT2D eigenvalue weighted by molar-refractivity contribution is 9.10. The summed E-state index contributed by atoms with van der Waals surface area (Å²) in [5.41, 5.74) is 0.896. The molecule has 0 saturated heterocycles. The third kappa shape index (κ3) is 4.11. The predicted octanol–water partition coefficient (Wildman–Crippen LogP) is 5.06. The standard InChI is InChI=1S/C14H15BrClN3/c1-2-8-17-13-4-3-5-14(19-13)18-12-9-10(16)6-7-11(12)15/h3-7,9H,2,8H2,1H3,(H2,17,18,19). The Morgan fingerprint density at radius 3 is 2.79 bits per heavy atom. The first kappa shape index (κ1) is 14.2. The van der Waals surface area contributed by atoms with Gasteiger partial charge in [-0.15, -0.1) is 0 Å². The highest BCUT2D eigenvalue weighted by Gasteiger charge is 2.03. The molecular weight excluding hydrogens is 326 g/mol. The van der Waals surface area contributed by atoms with E-state index in [1.807, 2.05) is 36.4 Å². The van der Waals surface area contributed by atoms with Crippen molar-refractivity contribution >= 4 is 44.9 Å². The third-order valence-electron chi connectivity index (χ3n) is 2.50. The predicted molar refractivity (Wildman–Crippen MR) is 85.5 cm³/mol. The lowest BCUT2D eigenvalue weighted by Gasteiger charge is -2.10. The number of nitrogens with one attached hydrogen (secondary N) is 2. The van der Waals surface area contributed by atoms with Gasteiger partial charge in [0, 0.05) is 16.0 Å². The van der Waals surface area contributed by atoms with Gasteiger partial charge in [-0.3, -0.25) is 0 Å². The zero-order valence-electron chi connectivity index (χ0n) is 10.6. The van der Waals surface area contributed by atoms with Crippen LogP contribution in [0.15, 0.2) is 40.9 Å². The van der Waals surface area contributed by atoms with Gasteiger partial charge in [0.1, 0.15) is 11.6 Å². The van der Waals surface area contributed by atoms with Crippen LogP contribution in [0.1, 0.15) is 13.3 Å². The van der Waals surface area contributed by atoms with Crippen LogP contribution in [-0.2, 0) is 0 Å². The molecule has 0 fully saturated rings. The maximum Gasteiger partial charge on any atom is 0.132 e. The molecule has 1 aromatic heterocycles. The topological polar surface area (TPSA) is 37.0 Å². The molecule has 2 rings (SSSR count). The molecule has 0 aliphatic rings. The van der Waals surface area contributed by atoms with Crippen molar-refractivity contribution in [3.8, 4) is 0 Å². The van der Waals surface area contributed by atoms with Gasteiger partial charge in [0.25, 0.3) is 0 Å². The number of anilines is 3. The highest BCUT2D eigenvalue weighted by atomic mass is 79.9. The molecule has 19 heavy (non-hydrogen) atoms. The SMILES string of the molecule is CCCNc1cccc(Nc2cc(Cl)ccc2Br)n1. The molecule has 0 atom stereocenters. The number of nitrogens with zero attached hydrogens (tertiary/aromatic N) is 1. The summed E-state index contributed by atoms with van der Waals surface area (Å²) in [6.07, 6.45) is 1.07. The van der Waals surface area contributed by atoms with E-state index in [0.29, 0.717) is 5.02 Å². The van der Waals surface area contributed by atoms with E-state index in [-0.39, 0.29) is 0 Å². The van der Waals surface area contributed by atoms with Crippen LogP contribution >= 0.6 is 27.5 Å². The summed E-state index contributed by atoms with van der Waals surface area (Å²) in [6.45, 7) is 3.04. The van der Waals surface area contributed by atoms with Crippen LogP contribution in [0.4, 0.5) is 17.3 Å². The lowest BCUT2D eigenvalue weighted by Crippen LogP contribution is -2.03. The van der Waals surface area contributed by atoms with Crippen molar-refractivity contribution < 1.29 is 0 Å². The van der Waals surface area contributed by atoms with E-state index in [4.69, 9.17) is 11.6 Å². The number of hydrogen-bond acceptors (Lipinski definition) is 3. The Balaban J connectivity index is 2.16. The first-order valence-corrected chi connectivity index (χ1v) is 7.29. The number of rotatable bonds is 5. The molecule has 0 spiro atoms. The summed E-state index contributed by atoms with van der Waals surface area (Å²) in [5.74, 6) is 1.65. The van der Waals surface area contributed by atoms with Crippen molar-refractivity contribution in [1.29, 1.82) is 0 Å². The van der Waals surface area contributed by atoms with E-state index in [0.717, 1.165) is 34.8 Å². The molecule has 0 amide bonds. The Morgan fingerprint density at radius 2 is 2.00 bits per heavy atom. The summed E-state index contributed by atoms with van der Waals surface area (Å²) in [5, 5.41) is 7.19. The minimum atomic E-state index is 0.686. The second-order valence-corrected chi connectivity index (χ2v) is 5.37. The molecule has 3 nitrogen and oxygen atoms in total. The molecule has 2 N–H and O–H groups in total. The van der Waals surface area contributed by atoms with Gasteiger partial charge in [0.05, 0.1) is 5.69 Å². The van der Waals surface area contributed by atoms with Gasteiger partial charge in [0.15, 0.2) is 0 Å².